The van der Waals surface area contributed by atoms with Crippen molar-refractivity contribution < 1.29 is 9.59 Å². The number of benzene rings is 1. The van der Waals surface area contributed by atoms with E-state index in [1.54, 1.807) is 24.3 Å². The van der Waals surface area contributed by atoms with Crippen LogP contribution in [0.3, 0.4) is 0 Å². The van der Waals surface area contributed by atoms with E-state index in [2.05, 4.69) is 20.7 Å². The first-order valence-electron chi connectivity index (χ1n) is 7.90. The summed E-state index contributed by atoms with van der Waals surface area (Å²) >= 11 is 1.52. The number of amides is 1. The number of rotatable bonds is 7. The summed E-state index contributed by atoms with van der Waals surface area (Å²) in [6.45, 7) is 1.96. The second-order valence-corrected chi connectivity index (χ2v) is 6.37. The van der Waals surface area contributed by atoms with E-state index in [9.17, 15) is 9.59 Å². The number of hydrogen-bond donors (Lipinski definition) is 1. The Morgan fingerprint density at radius 2 is 2.00 bits per heavy atom. The van der Waals surface area contributed by atoms with Crippen LogP contribution in [0, 0.1) is 0 Å². The molecular weight excluding hydrogens is 338 g/mol. The van der Waals surface area contributed by atoms with Gasteiger partial charge in [0.25, 0.3) is 0 Å². The lowest BCUT2D eigenvalue weighted by atomic mass is 10.1. The number of hydrogen-bond acceptors (Lipinski definition) is 6. The third kappa shape index (κ3) is 4.36. The first-order chi connectivity index (χ1) is 12.2. The van der Waals surface area contributed by atoms with Gasteiger partial charge in [-0.15, -0.1) is 21.5 Å². The minimum absolute atomic E-state index is 0.0138. The largest absolute Gasteiger partial charge is 0.326 e. The number of carbonyl (C=O) groups excluding carboxylic acids is 2. The van der Waals surface area contributed by atoms with Crippen LogP contribution in [0.2, 0.25) is 0 Å². The van der Waals surface area contributed by atoms with E-state index in [0.717, 1.165) is 11.3 Å². The SMILES string of the molecule is CCCC(=O)Nc1ccc(C(=O)Cn2nnc(-c3cccs3)n2)cc1. The molecule has 0 aliphatic heterocycles. The molecule has 1 N–H and O–H groups in total. The number of carbonyl (C=O) groups is 2. The van der Waals surface area contributed by atoms with Crippen LogP contribution in [-0.2, 0) is 11.3 Å². The van der Waals surface area contributed by atoms with Gasteiger partial charge in [-0.2, -0.15) is 4.80 Å². The molecule has 1 amide bonds. The summed E-state index contributed by atoms with van der Waals surface area (Å²) in [5.74, 6) is 0.354. The lowest BCUT2D eigenvalue weighted by molar-refractivity contribution is -0.116. The van der Waals surface area contributed by atoms with E-state index < -0.39 is 0 Å². The highest BCUT2D eigenvalue weighted by atomic mass is 32.1. The van der Waals surface area contributed by atoms with Crippen LogP contribution >= 0.6 is 11.3 Å². The van der Waals surface area contributed by atoms with E-state index in [4.69, 9.17) is 0 Å². The molecule has 1 aromatic carbocycles. The molecule has 8 heteroatoms. The molecule has 2 aromatic heterocycles. The van der Waals surface area contributed by atoms with Gasteiger partial charge < -0.3 is 5.32 Å². The van der Waals surface area contributed by atoms with Crippen molar-refractivity contribution in [1.29, 1.82) is 0 Å². The van der Waals surface area contributed by atoms with Gasteiger partial charge in [0.05, 0.1) is 4.88 Å². The normalized spacial score (nSPS) is 10.6. The second-order valence-electron chi connectivity index (χ2n) is 5.42. The maximum absolute atomic E-state index is 12.3. The Morgan fingerprint density at radius 1 is 1.20 bits per heavy atom. The number of thiophene rings is 1. The Balaban J connectivity index is 1.62. The lowest BCUT2D eigenvalue weighted by Gasteiger charge is -2.05. The summed E-state index contributed by atoms with van der Waals surface area (Å²) in [7, 11) is 0. The number of Topliss-reactive ketones (excluding diaryl/α,β-unsaturated/α-hetero) is 1. The fourth-order valence-corrected chi connectivity index (χ4v) is 2.87. The van der Waals surface area contributed by atoms with Crippen LogP contribution in [0.25, 0.3) is 10.7 Å². The van der Waals surface area contributed by atoms with Crippen molar-refractivity contribution >= 4 is 28.7 Å². The topological polar surface area (TPSA) is 89.8 Å². The molecule has 128 valence electrons. The predicted octanol–water partition coefficient (Wildman–Crippen LogP) is 3.02. The third-order valence-corrected chi connectivity index (χ3v) is 4.31. The van der Waals surface area contributed by atoms with Gasteiger partial charge in [0.1, 0.15) is 6.54 Å². The molecule has 0 spiro atoms. The minimum atomic E-state index is -0.124. The van der Waals surface area contributed by atoms with Crippen molar-refractivity contribution in [2.45, 2.75) is 26.3 Å². The monoisotopic (exact) mass is 355 g/mol. The molecule has 2 heterocycles. The maximum atomic E-state index is 12.3. The Labute approximate surface area is 148 Å². The summed E-state index contributed by atoms with van der Waals surface area (Å²) in [6, 6.07) is 10.6. The highest BCUT2D eigenvalue weighted by Crippen LogP contribution is 2.19. The number of nitrogens with one attached hydrogen (secondary N) is 1. The van der Waals surface area contributed by atoms with E-state index in [1.165, 1.54) is 16.1 Å². The van der Waals surface area contributed by atoms with Gasteiger partial charge in [-0.05, 0) is 47.3 Å². The van der Waals surface area contributed by atoms with Crippen molar-refractivity contribution in [3.05, 3.63) is 47.3 Å². The second kappa shape index (κ2) is 7.80. The third-order valence-electron chi connectivity index (χ3n) is 3.45. The summed E-state index contributed by atoms with van der Waals surface area (Å²) in [5, 5.41) is 16.8. The maximum Gasteiger partial charge on any atom is 0.224 e. The van der Waals surface area contributed by atoms with Gasteiger partial charge in [0.2, 0.25) is 11.7 Å². The molecule has 3 aromatic rings. The van der Waals surface area contributed by atoms with E-state index in [1.807, 2.05) is 24.4 Å². The molecule has 0 saturated carbocycles. The molecule has 7 nitrogen and oxygen atoms in total. The van der Waals surface area contributed by atoms with Crippen LogP contribution in [0.15, 0.2) is 41.8 Å². The molecule has 0 unspecified atom stereocenters. The van der Waals surface area contributed by atoms with Crippen molar-refractivity contribution in [2.75, 3.05) is 5.32 Å². The summed E-state index contributed by atoms with van der Waals surface area (Å²) in [5.41, 5.74) is 1.21. The quantitative estimate of drug-likeness (QED) is 0.658. The zero-order valence-corrected chi connectivity index (χ0v) is 14.5. The molecule has 0 atom stereocenters. The summed E-state index contributed by atoms with van der Waals surface area (Å²) in [6.07, 6.45) is 1.27. The summed E-state index contributed by atoms with van der Waals surface area (Å²) in [4.78, 5) is 26.1. The van der Waals surface area contributed by atoms with Crippen LogP contribution in [0.1, 0.15) is 30.1 Å². The van der Waals surface area contributed by atoms with Gasteiger partial charge in [-0.3, -0.25) is 9.59 Å². The smallest absolute Gasteiger partial charge is 0.224 e. The molecule has 3 rings (SSSR count). The fraction of sp³-hybridized carbons (Fsp3) is 0.235. The van der Waals surface area contributed by atoms with E-state index >= 15 is 0 Å². The molecule has 0 aliphatic carbocycles. The minimum Gasteiger partial charge on any atom is -0.326 e. The van der Waals surface area contributed by atoms with E-state index in [0.29, 0.717) is 23.5 Å². The zero-order chi connectivity index (χ0) is 17.6. The Bertz CT molecular complexity index is 856. The molecular formula is C17H17N5O2S. The molecule has 0 aliphatic rings. The van der Waals surface area contributed by atoms with Gasteiger partial charge >= 0.3 is 0 Å². The standard InChI is InChI=1S/C17H17N5O2S/c1-2-4-16(24)18-13-8-6-12(7-9-13)14(23)11-22-20-17(19-21-22)15-5-3-10-25-15/h3,5-10H,2,4,11H2,1H3,(H,18,24). The van der Waals surface area contributed by atoms with Crippen LogP contribution in [0.4, 0.5) is 5.69 Å². The lowest BCUT2D eigenvalue weighted by Crippen LogP contribution is -2.14. The predicted molar refractivity (Wildman–Crippen MR) is 95.4 cm³/mol. The Hall–Kier alpha value is -2.87. The van der Waals surface area contributed by atoms with Crippen molar-refractivity contribution in [2.24, 2.45) is 0 Å². The van der Waals surface area contributed by atoms with Crippen LogP contribution < -0.4 is 5.32 Å². The molecule has 0 fully saturated rings. The van der Waals surface area contributed by atoms with Crippen molar-refractivity contribution in [3.63, 3.8) is 0 Å². The van der Waals surface area contributed by atoms with Gasteiger partial charge in [-0.25, -0.2) is 0 Å². The number of anilines is 1. The first kappa shape index (κ1) is 17.0. The number of nitrogens with zero attached hydrogens (tertiary/aromatic N) is 4. The number of aromatic nitrogens is 4. The van der Waals surface area contributed by atoms with Gasteiger partial charge in [0.15, 0.2) is 5.78 Å². The fourth-order valence-electron chi connectivity index (χ4n) is 2.22. The average molecular weight is 355 g/mol. The van der Waals surface area contributed by atoms with Crippen LogP contribution in [0.5, 0.6) is 0 Å². The van der Waals surface area contributed by atoms with Crippen LogP contribution in [-0.4, -0.2) is 31.9 Å². The highest BCUT2D eigenvalue weighted by Gasteiger charge is 2.12. The van der Waals surface area contributed by atoms with Gasteiger partial charge in [-0.1, -0.05) is 13.0 Å². The molecule has 0 radical (unpaired) electrons. The molecule has 0 bridgehead atoms. The summed E-state index contributed by atoms with van der Waals surface area (Å²) < 4.78 is 0. The van der Waals surface area contributed by atoms with E-state index in [-0.39, 0.29) is 18.2 Å². The highest BCUT2D eigenvalue weighted by molar-refractivity contribution is 7.13. The average Bonchev–Trinajstić information content (AvgIpc) is 3.27. The van der Waals surface area contributed by atoms with Crippen molar-refractivity contribution in [1.82, 2.24) is 20.2 Å². The molecule has 25 heavy (non-hydrogen) atoms. The number of tetrazole rings is 1. The van der Waals surface area contributed by atoms with Crippen molar-refractivity contribution in [3.8, 4) is 10.7 Å². The Morgan fingerprint density at radius 3 is 2.68 bits per heavy atom. The number of ketones is 1. The van der Waals surface area contributed by atoms with Gasteiger partial charge in [0, 0.05) is 17.7 Å². The Kier molecular flexibility index (Phi) is 5.30. The first-order valence-corrected chi connectivity index (χ1v) is 8.78. The zero-order valence-electron chi connectivity index (χ0n) is 13.7. The molecule has 0 saturated heterocycles.